The van der Waals surface area contributed by atoms with Crippen LogP contribution in [0.25, 0.3) is 0 Å². The average Bonchev–Trinajstić information content (AvgIpc) is 2.22. The Kier molecular flexibility index (Phi) is 4.38. The van der Waals surface area contributed by atoms with Crippen molar-refractivity contribution in [2.45, 2.75) is 53.1 Å². The van der Waals surface area contributed by atoms with Gasteiger partial charge in [0.25, 0.3) is 0 Å². The van der Waals surface area contributed by atoms with E-state index in [0.29, 0.717) is 18.6 Å². The highest BCUT2D eigenvalue weighted by molar-refractivity contribution is 5.70. The fourth-order valence-corrected chi connectivity index (χ4v) is 1.76. The number of carbonyl (C=O) groups excluding carboxylic acids is 1. The van der Waals surface area contributed by atoms with Gasteiger partial charge in [0.15, 0.2) is 0 Å². The maximum Gasteiger partial charge on any atom is 0.306 e. The summed E-state index contributed by atoms with van der Waals surface area (Å²) in [5, 5.41) is 9.56. The van der Waals surface area contributed by atoms with Gasteiger partial charge in [0.05, 0.1) is 0 Å². The Hall–Kier alpha value is -1.51. The number of esters is 1. The Morgan fingerprint density at radius 3 is 2.39 bits per heavy atom. The second-order valence-corrected chi connectivity index (χ2v) is 5.58. The quantitative estimate of drug-likeness (QED) is 0.837. The zero-order valence-corrected chi connectivity index (χ0v) is 11.8. The fraction of sp³-hybridized carbons (Fsp3) is 0.533. The molecule has 3 heteroatoms. The molecule has 0 bridgehead atoms. The van der Waals surface area contributed by atoms with Gasteiger partial charge >= 0.3 is 5.97 Å². The van der Waals surface area contributed by atoms with Crippen LogP contribution >= 0.6 is 0 Å². The topological polar surface area (TPSA) is 46.5 Å². The molecule has 3 nitrogen and oxygen atoms in total. The SMILES string of the molecule is Cc1c(O)ccc(CCC(=O)OC(C)(C)C)c1C. The first kappa shape index (κ1) is 14.6. The Bertz CT molecular complexity index is 442. The van der Waals surface area contributed by atoms with Gasteiger partial charge in [0.2, 0.25) is 0 Å². The highest BCUT2D eigenvalue weighted by atomic mass is 16.6. The average molecular weight is 250 g/mol. The molecule has 0 heterocycles. The van der Waals surface area contributed by atoms with Crippen molar-refractivity contribution in [2.24, 2.45) is 0 Å². The van der Waals surface area contributed by atoms with E-state index in [1.54, 1.807) is 6.07 Å². The second kappa shape index (κ2) is 5.42. The van der Waals surface area contributed by atoms with Crippen molar-refractivity contribution in [2.75, 3.05) is 0 Å². The van der Waals surface area contributed by atoms with Gasteiger partial charge in [-0.2, -0.15) is 0 Å². The highest BCUT2D eigenvalue weighted by Gasteiger charge is 2.16. The lowest BCUT2D eigenvalue weighted by molar-refractivity contribution is -0.154. The molecular formula is C15H22O3. The third-order valence-electron chi connectivity index (χ3n) is 2.89. The van der Waals surface area contributed by atoms with Gasteiger partial charge < -0.3 is 9.84 Å². The summed E-state index contributed by atoms with van der Waals surface area (Å²) in [6, 6.07) is 3.54. The Balaban J connectivity index is 2.65. The molecule has 1 aromatic carbocycles. The van der Waals surface area contributed by atoms with Crippen molar-refractivity contribution < 1.29 is 14.6 Å². The first-order valence-corrected chi connectivity index (χ1v) is 6.20. The summed E-state index contributed by atoms with van der Waals surface area (Å²) < 4.78 is 5.26. The summed E-state index contributed by atoms with van der Waals surface area (Å²) in [5.74, 6) is 0.112. The van der Waals surface area contributed by atoms with Gasteiger partial charge in [-0.25, -0.2) is 0 Å². The Morgan fingerprint density at radius 1 is 1.22 bits per heavy atom. The molecule has 1 aromatic rings. The van der Waals surface area contributed by atoms with E-state index in [2.05, 4.69) is 0 Å². The van der Waals surface area contributed by atoms with Crippen molar-refractivity contribution in [3.8, 4) is 5.75 Å². The molecule has 0 fully saturated rings. The van der Waals surface area contributed by atoms with E-state index in [-0.39, 0.29) is 5.97 Å². The zero-order chi connectivity index (χ0) is 13.9. The summed E-state index contributed by atoms with van der Waals surface area (Å²) >= 11 is 0. The molecular weight excluding hydrogens is 228 g/mol. The number of hydrogen-bond donors (Lipinski definition) is 1. The molecule has 0 spiro atoms. The maximum absolute atomic E-state index is 11.6. The van der Waals surface area contributed by atoms with E-state index in [9.17, 15) is 9.90 Å². The molecule has 0 saturated carbocycles. The van der Waals surface area contributed by atoms with E-state index in [1.807, 2.05) is 40.7 Å². The number of rotatable bonds is 3. The van der Waals surface area contributed by atoms with E-state index in [0.717, 1.165) is 16.7 Å². The van der Waals surface area contributed by atoms with Crippen LogP contribution in [0, 0.1) is 13.8 Å². The van der Waals surface area contributed by atoms with Crippen molar-refractivity contribution in [1.82, 2.24) is 0 Å². The van der Waals surface area contributed by atoms with E-state index in [4.69, 9.17) is 4.74 Å². The van der Waals surface area contributed by atoms with Gasteiger partial charge in [-0.05, 0) is 63.8 Å². The predicted octanol–water partition coefficient (Wildman–Crippen LogP) is 3.28. The summed E-state index contributed by atoms with van der Waals surface area (Å²) in [4.78, 5) is 11.6. The molecule has 0 aromatic heterocycles. The molecule has 0 atom stereocenters. The van der Waals surface area contributed by atoms with Crippen LogP contribution in [0.15, 0.2) is 12.1 Å². The molecule has 100 valence electrons. The lowest BCUT2D eigenvalue weighted by Gasteiger charge is -2.19. The first-order valence-electron chi connectivity index (χ1n) is 6.20. The smallest absolute Gasteiger partial charge is 0.306 e. The molecule has 0 aliphatic rings. The minimum absolute atomic E-state index is 0.187. The molecule has 0 unspecified atom stereocenters. The molecule has 0 amide bonds. The zero-order valence-electron chi connectivity index (χ0n) is 11.8. The van der Waals surface area contributed by atoms with Crippen molar-refractivity contribution in [3.63, 3.8) is 0 Å². The number of aryl methyl sites for hydroxylation is 1. The Morgan fingerprint density at radius 2 is 1.83 bits per heavy atom. The van der Waals surface area contributed by atoms with Crippen LogP contribution in [0.4, 0.5) is 0 Å². The van der Waals surface area contributed by atoms with Crippen LogP contribution in [0.1, 0.15) is 43.9 Å². The molecule has 0 saturated heterocycles. The number of hydrogen-bond acceptors (Lipinski definition) is 3. The lowest BCUT2D eigenvalue weighted by atomic mass is 9.99. The monoisotopic (exact) mass is 250 g/mol. The Labute approximate surface area is 109 Å². The van der Waals surface area contributed by atoms with Crippen LogP contribution in [-0.2, 0) is 16.0 Å². The number of phenolic OH excluding ortho intramolecular Hbond substituents is 1. The van der Waals surface area contributed by atoms with E-state index >= 15 is 0 Å². The van der Waals surface area contributed by atoms with Crippen molar-refractivity contribution in [1.29, 1.82) is 0 Å². The molecule has 18 heavy (non-hydrogen) atoms. The van der Waals surface area contributed by atoms with E-state index < -0.39 is 5.60 Å². The molecule has 1 N–H and O–H groups in total. The normalized spacial score (nSPS) is 11.4. The maximum atomic E-state index is 11.6. The van der Waals surface area contributed by atoms with Crippen LogP contribution in [0.2, 0.25) is 0 Å². The van der Waals surface area contributed by atoms with E-state index in [1.165, 1.54) is 0 Å². The van der Waals surface area contributed by atoms with Gasteiger partial charge in [0, 0.05) is 6.42 Å². The minimum Gasteiger partial charge on any atom is -0.508 e. The second-order valence-electron chi connectivity index (χ2n) is 5.58. The van der Waals surface area contributed by atoms with Gasteiger partial charge in [-0.15, -0.1) is 0 Å². The van der Waals surface area contributed by atoms with Crippen molar-refractivity contribution in [3.05, 3.63) is 28.8 Å². The number of aromatic hydroxyl groups is 1. The predicted molar refractivity (Wildman–Crippen MR) is 71.7 cm³/mol. The molecule has 0 aliphatic heterocycles. The van der Waals surface area contributed by atoms with Crippen LogP contribution in [0.5, 0.6) is 5.75 Å². The number of ether oxygens (including phenoxy) is 1. The van der Waals surface area contributed by atoms with Gasteiger partial charge in [-0.1, -0.05) is 6.07 Å². The lowest BCUT2D eigenvalue weighted by Crippen LogP contribution is -2.24. The summed E-state index contributed by atoms with van der Waals surface area (Å²) in [5.41, 5.74) is 2.56. The largest absolute Gasteiger partial charge is 0.508 e. The third kappa shape index (κ3) is 4.06. The fourth-order valence-electron chi connectivity index (χ4n) is 1.76. The van der Waals surface area contributed by atoms with Crippen LogP contribution in [-0.4, -0.2) is 16.7 Å². The summed E-state index contributed by atoms with van der Waals surface area (Å²) in [6.07, 6.45) is 1.00. The number of benzene rings is 1. The van der Waals surface area contributed by atoms with Crippen LogP contribution < -0.4 is 0 Å². The highest BCUT2D eigenvalue weighted by Crippen LogP contribution is 2.23. The molecule has 0 radical (unpaired) electrons. The molecule has 1 rings (SSSR count). The summed E-state index contributed by atoms with van der Waals surface area (Å²) in [6.45, 7) is 9.42. The minimum atomic E-state index is -0.434. The number of phenols is 1. The van der Waals surface area contributed by atoms with Gasteiger partial charge in [0.1, 0.15) is 11.4 Å². The number of carbonyl (C=O) groups is 1. The summed E-state index contributed by atoms with van der Waals surface area (Å²) in [7, 11) is 0. The van der Waals surface area contributed by atoms with Crippen LogP contribution in [0.3, 0.4) is 0 Å². The van der Waals surface area contributed by atoms with Crippen molar-refractivity contribution >= 4 is 5.97 Å². The third-order valence-corrected chi connectivity index (χ3v) is 2.89. The first-order chi connectivity index (χ1) is 8.20. The molecule has 0 aliphatic carbocycles. The van der Waals surface area contributed by atoms with Gasteiger partial charge in [-0.3, -0.25) is 4.79 Å². The standard InChI is InChI=1S/C15H22O3/c1-10-11(2)13(16)8-6-12(10)7-9-14(17)18-15(3,4)5/h6,8,16H,7,9H2,1-5H3.